The summed E-state index contributed by atoms with van der Waals surface area (Å²) in [6.07, 6.45) is 0. The predicted molar refractivity (Wildman–Crippen MR) is 228 cm³/mol. The molecule has 0 unspecified atom stereocenters. The fraction of sp³-hybridized carbons (Fsp3) is 0.0192. The zero-order chi connectivity index (χ0) is 37.5. The van der Waals surface area contributed by atoms with Crippen molar-refractivity contribution in [3.63, 3.8) is 0 Å². The third-order valence-corrected chi connectivity index (χ3v) is 11.7. The first-order chi connectivity index (χ1) is 28.3. The number of hydrogen-bond acceptors (Lipinski definition) is 4. The molecule has 0 saturated heterocycles. The Labute approximate surface area is 329 Å². The van der Waals surface area contributed by atoms with E-state index in [0.29, 0.717) is 17.5 Å². The third-order valence-electron chi connectivity index (χ3n) is 11.7. The van der Waals surface area contributed by atoms with Gasteiger partial charge in [0.15, 0.2) is 17.5 Å². The van der Waals surface area contributed by atoms with Gasteiger partial charge in [0.25, 0.3) is 0 Å². The first-order valence-electron chi connectivity index (χ1n) is 19.3. The molecule has 5 heteroatoms. The van der Waals surface area contributed by atoms with Gasteiger partial charge in [-0.15, -0.1) is 0 Å². The molecule has 3 heterocycles. The molecule has 10 aromatic rings. The number of hydrogen-bond donors (Lipinski definition) is 0. The van der Waals surface area contributed by atoms with E-state index in [9.17, 15) is 0 Å². The second-order valence-electron chi connectivity index (χ2n) is 14.7. The first-order valence-corrected chi connectivity index (χ1v) is 19.3. The van der Waals surface area contributed by atoms with Gasteiger partial charge in [-0.1, -0.05) is 152 Å². The van der Waals surface area contributed by atoms with Crippen LogP contribution in [-0.4, -0.2) is 19.5 Å². The van der Waals surface area contributed by atoms with E-state index in [1.807, 2.05) is 36.4 Å². The van der Waals surface area contributed by atoms with Gasteiger partial charge in [-0.05, 0) is 64.7 Å². The molecule has 0 radical (unpaired) electrons. The molecule has 5 nitrogen and oxygen atoms in total. The molecule has 0 fully saturated rings. The van der Waals surface area contributed by atoms with Crippen molar-refractivity contribution < 1.29 is 4.74 Å². The number of benzene rings is 8. The van der Waals surface area contributed by atoms with Crippen LogP contribution in [-0.2, 0) is 5.41 Å². The Balaban J connectivity index is 1.22. The maximum atomic E-state index is 6.66. The molecule has 0 N–H and O–H groups in total. The molecule has 8 aromatic carbocycles. The number of rotatable bonds is 4. The van der Waals surface area contributed by atoms with Crippen LogP contribution in [0.5, 0.6) is 11.5 Å². The van der Waals surface area contributed by atoms with Crippen molar-refractivity contribution >= 4 is 21.8 Å². The van der Waals surface area contributed by atoms with Crippen molar-refractivity contribution in [3.05, 3.63) is 216 Å². The van der Waals surface area contributed by atoms with Gasteiger partial charge in [0.05, 0.1) is 16.4 Å². The molecule has 1 aliphatic carbocycles. The van der Waals surface area contributed by atoms with Crippen molar-refractivity contribution in [2.75, 3.05) is 0 Å². The van der Waals surface area contributed by atoms with Crippen LogP contribution in [0, 0.1) is 0 Å². The van der Waals surface area contributed by atoms with E-state index >= 15 is 0 Å². The summed E-state index contributed by atoms with van der Waals surface area (Å²) in [4.78, 5) is 15.5. The average Bonchev–Trinajstić information content (AvgIpc) is 3.76. The summed E-state index contributed by atoms with van der Waals surface area (Å²) in [5.74, 6) is 3.64. The minimum Gasteiger partial charge on any atom is -0.457 e. The van der Waals surface area contributed by atoms with Crippen LogP contribution >= 0.6 is 0 Å². The second kappa shape index (κ2) is 12.2. The lowest BCUT2D eigenvalue weighted by Crippen LogP contribution is -2.32. The van der Waals surface area contributed by atoms with Crippen LogP contribution < -0.4 is 4.74 Å². The number of fused-ring (bicyclic) bond motifs is 12. The summed E-state index contributed by atoms with van der Waals surface area (Å²) >= 11 is 0. The van der Waals surface area contributed by atoms with Crippen molar-refractivity contribution in [2.45, 2.75) is 5.41 Å². The van der Waals surface area contributed by atoms with Gasteiger partial charge in [0.1, 0.15) is 11.5 Å². The van der Waals surface area contributed by atoms with E-state index in [-0.39, 0.29) is 0 Å². The van der Waals surface area contributed by atoms with Gasteiger partial charge in [0, 0.05) is 44.3 Å². The quantitative estimate of drug-likeness (QED) is 0.181. The van der Waals surface area contributed by atoms with E-state index in [0.717, 1.165) is 66.8 Å². The molecule has 1 aliphatic heterocycles. The lowest BCUT2D eigenvalue weighted by molar-refractivity contribution is 0.436. The molecule has 2 aromatic heterocycles. The minimum absolute atomic E-state index is 0.601. The Kier molecular flexibility index (Phi) is 6.78. The molecule has 1 spiro atoms. The molecular formula is C52H32N4O. The van der Waals surface area contributed by atoms with Gasteiger partial charge < -0.3 is 9.30 Å². The highest BCUT2D eigenvalue weighted by Crippen LogP contribution is 2.62. The Hall–Kier alpha value is -7.63. The number of ether oxygens (including phenoxy) is 1. The zero-order valence-corrected chi connectivity index (χ0v) is 30.7. The van der Waals surface area contributed by atoms with Crippen LogP contribution in [0.2, 0.25) is 0 Å². The molecule has 0 saturated carbocycles. The minimum atomic E-state index is -0.601. The monoisotopic (exact) mass is 728 g/mol. The molecule has 0 atom stereocenters. The predicted octanol–water partition coefficient (Wildman–Crippen LogP) is 12.4. The normalized spacial score (nSPS) is 13.2. The molecule has 0 bridgehead atoms. The molecule has 0 amide bonds. The van der Waals surface area contributed by atoms with E-state index in [1.54, 1.807) is 0 Å². The van der Waals surface area contributed by atoms with Crippen molar-refractivity contribution in [1.82, 2.24) is 19.5 Å². The zero-order valence-electron chi connectivity index (χ0n) is 30.7. The van der Waals surface area contributed by atoms with E-state index < -0.39 is 5.41 Å². The summed E-state index contributed by atoms with van der Waals surface area (Å²) < 4.78 is 9.05. The highest BCUT2D eigenvalue weighted by Gasteiger charge is 2.51. The Morgan fingerprint density at radius 2 is 0.912 bits per heavy atom. The standard InChI is InChI=1S/C52H32N4O/c1-4-17-33(18-5-1)49-53-50(34-19-6-2-7-20-34)55-51(54-49)37-24-16-28-44-48(37)39-31-43-38(32-45(39)56(44)35-21-8-3-9-22-35)36-23-10-11-25-40(36)52(43)41-26-12-14-29-46(41)57-47-30-15-13-27-42(47)52/h1-32H. The average molecular weight is 729 g/mol. The number of nitrogens with zero attached hydrogens (tertiary/aromatic N) is 4. The fourth-order valence-electron chi connectivity index (χ4n) is 9.38. The van der Waals surface area contributed by atoms with Crippen LogP contribution in [0.1, 0.15) is 22.3 Å². The van der Waals surface area contributed by atoms with Gasteiger partial charge in [-0.2, -0.15) is 0 Å². The van der Waals surface area contributed by atoms with Gasteiger partial charge in [0.2, 0.25) is 0 Å². The summed E-state index contributed by atoms with van der Waals surface area (Å²) in [5.41, 5.74) is 12.7. The van der Waals surface area contributed by atoms with Gasteiger partial charge >= 0.3 is 0 Å². The molecule has 12 rings (SSSR count). The number of para-hydroxylation sites is 3. The Morgan fingerprint density at radius 3 is 1.56 bits per heavy atom. The highest BCUT2D eigenvalue weighted by molar-refractivity contribution is 6.17. The van der Waals surface area contributed by atoms with E-state index in [4.69, 9.17) is 19.7 Å². The van der Waals surface area contributed by atoms with Crippen molar-refractivity contribution in [2.24, 2.45) is 0 Å². The number of aromatic nitrogens is 4. The van der Waals surface area contributed by atoms with Crippen LogP contribution in [0.3, 0.4) is 0 Å². The summed E-state index contributed by atoms with van der Waals surface area (Å²) in [6, 6.07) is 68.3. The summed E-state index contributed by atoms with van der Waals surface area (Å²) in [5, 5.41) is 2.21. The smallest absolute Gasteiger partial charge is 0.164 e. The molecule has 57 heavy (non-hydrogen) atoms. The van der Waals surface area contributed by atoms with Gasteiger partial charge in [-0.25, -0.2) is 15.0 Å². The maximum absolute atomic E-state index is 6.66. The molecule has 266 valence electrons. The van der Waals surface area contributed by atoms with Crippen LogP contribution in [0.4, 0.5) is 0 Å². The van der Waals surface area contributed by atoms with Crippen molar-refractivity contribution in [1.29, 1.82) is 0 Å². The largest absolute Gasteiger partial charge is 0.457 e. The fourth-order valence-corrected chi connectivity index (χ4v) is 9.38. The SMILES string of the molecule is c1ccc(-c2nc(-c3ccccc3)nc(-c3cccc4c3c3cc5c(cc3n4-c3ccccc3)-c3ccccc3C53c4ccccc4Oc4ccccc43)n2)cc1. The maximum Gasteiger partial charge on any atom is 0.164 e. The Morgan fingerprint density at radius 1 is 0.386 bits per heavy atom. The van der Waals surface area contributed by atoms with Crippen molar-refractivity contribution in [3.8, 4) is 62.5 Å². The van der Waals surface area contributed by atoms with Gasteiger partial charge in [-0.3, -0.25) is 0 Å². The first kappa shape index (κ1) is 31.7. The lowest BCUT2D eigenvalue weighted by atomic mass is 9.66. The van der Waals surface area contributed by atoms with Crippen LogP contribution in [0.25, 0.3) is 72.8 Å². The Bertz CT molecular complexity index is 3110. The van der Waals surface area contributed by atoms with E-state index in [2.05, 4.69) is 162 Å². The summed E-state index contributed by atoms with van der Waals surface area (Å²) in [7, 11) is 0. The molecule has 2 aliphatic rings. The lowest BCUT2D eigenvalue weighted by Gasteiger charge is -2.39. The van der Waals surface area contributed by atoms with Crippen LogP contribution in [0.15, 0.2) is 194 Å². The molecular weight excluding hydrogens is 697 g/mol. The second-order valence-corrected chi connectivity index (χ2v) is 14.7. The highest BCUT2D eigenvalue weighted by atomic mass is 16.5. The summed E-state index contributed by atoms with van der Waals surface area (Å²) in [6.45, 7) is 0. The topological polar surface area (TPSA) is 52.8 Å². The van der Waals surface area contributed by atoms with E-state index in [1.165, 1.54) is 22.3 Å². The third kappa shape index (κ3) is 4.54.